The summed E-state index contributed by atoms with van der Waals surface area (Å²) in [6.07, 6.45) is 11.4. The minimum Gasteiger partial charge on any atom is -0.473 e. The molecule has 1 aliphatic heterocycles. The zero-order valence-corrected chi connectivity index (χ0v) is 15.5. The second-order valence-corrected chi connectivity index (χ2v) is 7.47. The summed E-state index contributed by atoms with van der Waals surface area (Å²) >= 11 is 0. The van der Waals surface area contributed by atoms with E-state index >= 15 is 0 Å². The van der Waals surface area contributed by atoms with Gasteiger partial charge < -0.3 is 4.74 Å². The monoisotopic (exact) mass is 390 g/mol. The largest absolute Gasteiger partial charge is 0.473 e. The molecule has 0 spiro atoms. The van der Waals surface area contributed by atoms with E-state index in [1.807, 2.05) is 18.3 Å². The molecule has 0 unspecified atom stereocenters. The Balaban J connectivity index is 1.20. The highest BCUT2D eigenvalue weighted by molar-refractivity contribution is 5.55. The summed E-state index contributed by atoms with van der Waals surface area (Å²) in [5.74, 6) is 1.39. The van der Waals surface area contributed by atoms with Crippen molar-refractivity contribution >= 4 is 5.52 Å². The van der Waals surface area contributed by atoms with Gasteiger partial charge in [-0.05, 0) is 18.6 Å². The van der Waals surface area contributed by atoms with Crippen molar-refractivity contribution in [3.8, 4) is 5.88 Å². The fraction of sp³-hybridized carbons (Fsp3) is 0.368. The molecule has 1 aliphatic carbocycles. The number of rotatable bonds is 4. The maximum atomic E-state index is 13.0. The van der Waals surface area contributed by atoms with Crippen molar-refractivity contribution in [3.63, 3.8) is 0 Å². The first-order valence-electron chi connectivity index (χ1n) is 9.69. The molecule has 4 aromatic heterocycles. The Hall–Kier alpha value is -3.56. The molecule has 10 heteroatoms. The molecule has 0 bridgehead atoms. The molecule has 10 nitrogen and oxygen atoms in total. The standard InChI is InChI=1S/C19H18N8O2/c28-19-26-15(14-10-20-5-6-21-14)3-4-17(26)24-27(19)12-8-13(9-12)29-18-16-2-1-7-25(16)23-11-22-18/h1-2,5-7,10-13,15H,3-4,8-9H2/t12?,13?,15-/m0/s1. The van der Waals surface area contributed by atoms with Crippen LogP contribution in [0.2, 0.25) is 0 Å². The number of aromatic nitrogens is 8. The second kappa shape index (κ2) is 6.23. The maximum Gasteiger partial charge on any atom is 0.346 e. The van der Waals surface area contributed by atoms with E-state index in [0.717, 1.165) is 42.7 Å². The van der Waals surface area contributed by atoms with E-state index in [1.165, 1.54) is 6.33 Å². The average Bonchev–Trinajstić information content (AvgIpc) is 3.42. The SMILES string of the molecule is O=c1n(C2CC(Oc3ncnn4cccc34)C2)nc2n1[C@H](c1cnccn1)CC2. The van der Waals surface area contributed by atoms with Gasteiger partial charge in [0.25, 0.3) is 0 Å². The molecule has 0 amide bonds. The Kier molecular flexibility index (Phi) is 3.52. The fourth-order valence-corrected chi connectivity index (χ4v) is 4.24. The molecule has 1 saturated carbocycles. The lowest BCUT2D eigenvalue weighted by Crippen LogP contribution is -2.41. The smallest absolute Gasteiger partial charge is 0.346 e. The van der Waals surface area contributed by atoms with Crippen molar-refractivity contribution in [1.82, 2.24) is 38.9 Å². The van der Waals surface area contributed by atoms with Gasteiger partial charge in [-0.1, -0.05) is 0 Å². The topological polar surface area (TPSA) is 105 Å². The van der Waals surface area contributed by atoms with E-state index in [1.54, 1.807) is 32.4 Å². The van der Waals surface area contributed by atoms with Gasteiger partial charge in [0.1, 0.15) is 23.8 Å². The molecular weight excluding hydrogens is 372 g/mol. The van der Waals surface area contributed by atoms with Gasteiger partial charge in [0.2, 0.25) is 5.88 Å². The Morgan fingerprint density at radius 3 is 2.97 bits per heavy atom. The van der Waals surface area contributed by atoms with Gasteiger partial charge in [-0.25, -0.2) is 14.0 Å². The van der Waals surface area contributed by atoms with Crippen LogP contribution in [0.5, 0.6) is 5.88 Å². The molecule has 5 heterocycles. The number of hydrogen-bond acceptors (Lipinski definition) is 7. The van der Waals surface area contributed by atoms with Crippen LogP contribution in [0.4, 0.5) is 0 Å². The first-order chi connectivity index (χ1) is 14.3. The average molecular weight is 390 g/mol. The van der Waals surface area contributed by atoms with Crippen molar-refractivity contribution in [2.24, 2.45) is 0 Å². The fourth-order valence-electron chi connectivity index (χ4n) is 4.24. The summed E-state index contributed by atoms with van der Waals surface area (Å²) in [6.45, 7) is 0. The molecule has 0 radical (unpaired) electrons. The summed E-state index contributed by atoms with van der Waals surface area (Å²) in [4.78, 5) is 25.8. The molecule has 0 N–H and O–H groups in total. The van der Waals surface area contributed by atoms with Crippen molar-refractivity contribution < 1.29 is 4.74 Å². The Morgan fingerprint density at radius 1 is 1.17 bits per heavy atom. The van der Waals surface area contributed by atoms with Crippen molar-refractivity contribution in [2.75, 3.05) is 0 Å². The molecule has 2 aliphatic rings. The van der Waals surface area contributed by atoms with Gasteiger partial charge in [0.05, 0.1) is 24.0 Å². The molecular formula is C19H18N8O2. The van der Waals surface area contributed by atoms with Crippen LogP contribution in [0.1, 0.15) is 42.9 Å². The van der Waals surface area contributed by atoms with Crippen molar-refractivity contribution in [2.45, 2.75) is 43.9 Å². The third-order valence-corrected chi connectivity index (χ3v) is 5.77. The molecule has 1 fully saturated rings. The van der Waals surface area contributed by atoms with Crippen LogP contribution in [0.25, 0.3) is 5.52 Å². The number of nitrogens with zero attached hydrogens (tertiary/aromatic N) is 8. The summed E-state index contributed by atoms with van der Waals surface area (Å²) in [5.41, 5.74) is 1.57. The normalized spacial score (nSPS) is 23.1. The third kappa shape index (κ3) is 2.55. The Morgan fingerprint density at radius 2 is 2.10 bits per heavy atom. The summed E-state index contributed by atoms with van der Waals surface area (Å²) < 4.78 is 11.2. The highest BCUT2D eigenvalue weighted by atomic mass is 16.5. The number of hydrogen-bond donors (Lipinski definition) is 0. The molecule has 146 valence electrons. The first-order valence-corrected chi connectivity index (χ1v) is 9.69. The second-order valence-electron chi connectivity index (χ2n) is 7.47. The molecule has 1 atom stereocenters. The third-order valence-electron chi connectivity index (χ3n) is 5.77. The predicted octanol–water partition coefficient (Wildman–Crippen LogP) is 1.20. The highest BCUT2D eigenvalue weighted by Gasteiger charge is 2.38. The van der Waals surface area contributed by atoms with Gasteiger partial charge in [0.15, 0.2) is 0 Å². The first kappa shape index (κ1) is 16.4. The number of aryl methyl sites for hydroxylation is 1. The zero-order valence-electron chi connectivity index (χ0n) is 15.5. The summed E-state index contributed by atoms with van der Waals surface area (Å²) in [5, 5.41) is 8.75. The maximum absolute atomic E-state index is 13.0. The zero-order chi connectivity index (χ0) is 19.4. The van der Waals surface area contributed by atoms with E-state index in [4.69, 9.17) is 4.74 Å². The van der Waals surface area contributed by atoms with E-state index in [-0.39, 0.29) is 23.9 Å². The van der Waals surface area contributed by atoms with Gasteiger partial charge in [0, 0.05) is 37.9 Å². The highest BCUT2D eigenvalue weighted by Crippen LogP contribution is 2.36. The Bertz CT molecular complexity index is 1240. The van der Waals surface area contributed by atoms with Crippen LogP contribution in [-0.4, -0.2) is 45.0 Å². The molecule has 0 saturated heterocycles. The minimum atomic E-state index is -0.0873. The van der Waals surface area contributed by atoms with Crippen LogP contribution in [0.3, 0.4) is 0 Å². The summed E-state index contributed by atoms with van der Waals surface area (Å²) in [7, 11) is 0. The van der Waals surface area contributed by atoms with Crippen LogP contribution < -0.4 is 10.4 Å². The Labute approximate surface area is 164 Å². The predicted molar refractivity (Wildman–Crippen MR) is 101 cm³/mol. The van der Waals surface area contributed by atoms with Crippen LogP contribution in [-0.2, 0) is 6.42 Å². The van der Waals surface area contributed by atoms with Crippen LogP contribution >= 0.6 is 0 Å². The minimum absolute atomic E-state index is 0.00725. The van der Waals surface area contributed by atoms with E-state index in [9.17, 15) is 4.79 Å². The molecule has 0 aromatic carbocycles. The van der Waals surface area contributed by atoms with Crippen molar-refractivity contribution in [1.29, 1.82) is 0 Å². The number of fused-ring (bicyclic) bond motifs is 2. The van der Waals surface area contributed by atoms with E-state index in [0.29, 0.717) is 5.88 Å². The van der Waals surface area contributed by atoms with E-state index in [2.05, 4.69) is 25.1 Å². The molecule has 29 heavy (non-hydrogen) atoms. The van der Waals surface area contributed by atoms with Crippen molar-refractivity contribution in [3.05, 3.63) is 65.3 Å². The van der Waals surface area contributed by atoms with Gasteiger partial charge in [-0.3, -0.25) is 14.5 Å². The lowest BCUT2D eigenvalue weighted by molar-refractivity contribution is 0.0593. The van der Waals surface area contributed by atoms with E-state index < -0.39 is 0 Å². The lowest BCUT2D eigenvalue weighted by atomic mass is 9.89. The summed E-state index contributed by atoms with van der Waals surface area (Å²) in [6, 6.07) is 3.77. The molecule has 4 aromatic rings. The van der Waals surface area contributed by atoms with Crippen LogP contribution in [0, 0.1) is 0 Å². The van der Waals surface area contributed by atoms with Gasteiger partial charge in [-0.15, -0.1) is 0 Å². The van der Waals surface area contributed by atoms with Gasteiger partial charge >= 0.3 is 5.69 Å². The van der Waals surface area contributed by atoms with Crippen LogP contribution in [0.15, 0.2) is 48.0 Å². The molecule has 6 rings (SSSR count). The quantitative estimate of drug-likeness (QED) is 0.515. The number of ether oxygens (including phenoxy) is 1. The lowest BCUT2D eigenvalue weighted by Gasteiger charge is -2.34. The van der Waals surface area contributed by atoms with Gasteiger partial charge in [-0.2, -0.15) is 15.2 Å².